The fraction of sp³-hybridized carbons (Fsp3) is 0.645. The van der Waals surface area contributed by atoms with Crippen molar-refractivity contribution in [3.05, 3.63) is 40.8 Å². The van der Waals surface area contributed by atoms with Crippen LogP contribution in [0.25, 0.3) is 0 Å². The van der Waals surface area contributed by atoms with Crippen LogP contribution in [0.1, 0.15) is 63.3 Å². The number of alkyl halides is 3. The van der Waals surface area contributed by atoms with E-state index in [9.17, 15) is 22.4 Å². The van der Waals surface area contributed by atoms with E-state index in [2.05, 4.69) is 14.8 Å². The molecule has 3 saturated heterocycles. The maximum atomic E-state index is 15.0. The number of benzene rings is 1. The summed E-state index contributed by atoms with van der Waals surface area (Å²) >= 11 is 0. The fourth-order valence-corrected chi connectivity index (χ4v) is 7.02. The second-order valence-corrected chi connectivity index (χ2v) is 13.3. The number of nitrogens with zero attached hydrogens (tertiary/aromatic N) is 6. The molecule has 1 aromatic heterocycles. The Balaban J connectivity index is 1.31. The number of carbonyl (C=O) groups excluding carboxylic acids is 1. The average molecular weight is 621 g/mol. The standard InChI is InChI=1S/C31H40F4N6O3/c1-30(2,3)44-29(42)41-19-10-11-20(41)16-40(15-19)27-22-12-14-39(26-23(31(33,34)35)8-5-9-24(26)32)17-25(22)36-28(37-27)43-18-21-7-6-13-38(21)4/h5,8-9,19-21H,6-7,10-18H2,1-4H3/t19-,20+,21-/m0/s1. The Hall–Kier alpha value is -3.35. The first-order chi connectivity index (χ1) is 20.8. The summed E-state index contributed by atoms with van der Waals surface area (Å²) in [6.07, 6.45) is -0.943. The molecule has 0 saturated carbocycles. The smallest absolute Gasteiger partial charge is 0.418 e. The third kappa shape index (κ3) is 6.12. The summed E-state index contributed by atoms with van der Waals surface area (Å²) in [6.45, 7) is 8.16. The fourth-order valence-electron chi connectivity index (χ4n) is 7.02. The molecule has 2 bridgehead atoms. The zero-order chi connectivity index (χ0) is 31.4. The van der Waals surface area contributed by atoms with Crippen LogP contribution in [-0.4, -0.2) is 89.4 Å². The first-order valence-corrected chi connectivity index (χ1v) is 15.4. The summed E-state index contributed by atoms with van der Waals surface area (Å²) in [5.74, 6) is -0.247. The van der Waals surface area contributed by atoms with E-state index in [0.29, 0.717) is 37.6 Å². The van der Waals surface area contributed by atoms with Crippen LogP contribution in [0, 0.1) is 5.82 Å². The summed E-state index contributed by atoms with van der Waals surface area (Å²) in [7, 11) is 2.05. The minimum Gasteiger partial charge on any atom is -0.462 e. The predicted molar refractivity (Wildman–Crippen MR) is 156 cm³/mol. The molecule has 1 aromatic carbocycles. The lowest BCUT2D eigenvalue weighted by atomic mass is 10.0. The van der Waals surface area contributed by atoms with Crippen molar-refractivity contribution in [2.24, 2.45) is 0 Å². The number of likely N-dealkylation sites (N-methyl/N-ethyl adjacent to an activating group) is 1. The predicted octanol–water partition coefficient (Wildman–Crippen LogP) is 5.26. The molecule has 4 aliphatic rings. The van der Waals surface area contributed by atoms with Gasteiger partial charge in [0.1, 0.15) is 23.8 Å². The molecule has 3 fully saturated rings. The zero-order valence-corrected chi connectivity index (χ0v) is 25.7. The second-order valence-electron chi connectivity index (χ2n) is 13.3. The molecular weight excluding hydrogens is 580 g/mol. The summed E-state index contributed by atoms with van der Waals surface area (Å²) in [6, 6.07) is 3.31. The van der Waals surface area contributed by atoms with E-state index >= 15 is 0 Å². The van der Waals surface area contributed by atoms with E-state index in [1.54, 1.807) is 0 Å². The van der Waals surface area contributed by atoms with Crippen LogP contribution in [0.2, 0.25) is 0 Å². The molecule has 0 N–H and O–H groups in total. The maximum Gasteiger partial charge on any atom is 0.418 e. The molecule has 5 heterocycles. The van der Waals surface area contributed by atoms with Crippen LogP contribution in [0.5, 0.6) is 6.01 Å². The van der Waals surface area contributed by atoms with Crippen molar-refractivity contribution < 1.29 is 31.8 Å². The third-order valence-electron chi connectivity index (χ3n) is 9.09. The van der Waals surface area contributed by atoms with Crippen LogP contribution >= 0.6 is 0 Å². The first-order valence-electron chi connectivity index (χ1n) is 15.4. The quantitative estimate of drug-likeness (QED) is 0.420. The number of fused-ring (bicyclic) bond motifs is 3. The van der Waals surface area contributed by atoms with Gasteiger partial charge in [-0.1, -0.05) is 6.07 Å². The van der Waals surface area contributed by atoms with E-state index in [0.717, 1.165) is 56.0 Å². The van der Waals surface area contributed by atoms with Gasteiger partial charge in [0.15, 0.2) is 0 Å². The van der Waals surface area contributed by atoms with Crippen LogP contribution in [0.15, 0.2) is 18.2 Å². The second kappa shape index (κ2) is 11.5. The molecular formula is C31H40F4N6O3. The number of halogens is 4. The van der Waals surface area contributed by atoms with Crippen molar-refractivity contribution >= 4 is 17.6 Å². The number of carbonyl (C=O) groups is 1. The van der Waals surface area contributed by atoms with Gasteiger partial charge in [0.25, 0.3) is 0 Å². The first kappa shape index (κ1) is 30.7. The van der Waals surface area contributed by atoms with E-state index in [1.807, 2.05) is 32.7 Å². The molecule has 44 heavy (non-hydrogen) atoms. The largest absolute Gasteiger partial charge is 0.462 e. The normalized spacial score (nSPS) is 24.1. The van der Waals surface area contributed by atoms with Gasteiger partial charge in [0, 0.05) is 31.2 Å². The van der Waals surface area contributed by atoms with Crippen LogP contribution in [0.4, 0.5) is 33.9 Å². The number of para-hydroxylation sites is 1. The highest BCUT2D eigenvalue weighted by molar-refractivity contribution is 5.70. The van der Waals surface area contributed by atoms with Gasteiger partial charge in [-0.2, -0.15) is 23.1 Å². The van der Waals surface area contributed by atoms with Crippen LogP contribution in [0.3, 0.4) is 0 Å². The Morgan fingerprint density at radius 2 is 1.75 bits per heavy atom. The van der Waals surface area contributed by atoms with Gasteiger partial charge in [-0.15, -0.1) is 0 Å². The molecule has 240 valence electrons. The SMILES string of the molecule is CN1CCC[C@H]1COc1nc2c(c(N3C[C@H]4CC[C@@H](C3)N4C(=O)OC(C)(C)C)n1)CCN(c1c(F)cccc1C(F)(F)F)C2. The Bertz CT molecular complexity index is 1390. The Kier molecular flexibility index (Phi) is 8.04. The summed E-state index contributed by atoms with van der Waals surface area (Å²) in [5.41, 5.74) is -0.735. The van der Waals surface area contributed by atoms with Crippen molar-refractivity contribution in [2.75, 3.05) is 49.6 Å². The van der Waals surface area contributed by atoms with Crippen LogP contribution in [-0.2, 0) is 23.9 Å². The number of hydrogen-bond acceptors (Lipinski definition) is 8. The molecule has 3 atom stereocenters. The number of aromatic nitrogens is 2. The number of hydrogen-bond donors (Lipinski definition) is 0. The molecule has 13 heteroatoms. The Labute approximate surface area is 255 Å². The third-order valence-corrected chi connectivity index (χ3v) is 9.09. The highest BCUT2D eigenvalue weighted by atomic mass is 19.4. The average Bonchev–Trinajstić information content (AvgIpc) is 3.48. The van der Waals surface area contributed by atoms with Crippen molar-refractivity contribution in [1.82, 2.24) is 19.8 Å². The number of rotatable bonds is 5. The molecule has 0 radical (unpaired) electrons. The van der Waals surface area contributed by atoms with Crippen molar-refractivity contribution in [2.45, 2.75) is 89.3 Å². The van der Waals surface area contributed by atoms with Crippen LogP contribution < -0.4 is 14.5 Å². The molecule has 0 spiro atoms. The highest BCUT2D eigenvalue weighted by Crippen LogP contribution is 2.41. The summed E-state index contributed by atoms with van der Waals surface area (Å²) < 4.78 is 68.5. The van der Waals surface area contributed by atoms with Gasteiger partial charge < -0.3 is 24.2 Å². The van der Waals surface area contributed by atoms with Crippen molar-refractivity contribution in [1.29, 1.82) is 0 Å². The van der Waals surface area contributed by atoms with Gasteiger partial charge in [0.2, 0.25) is 0 Å². The molecule has 2 aromatic rings. The monoisotopic (exact) mass is 620 g/mol. The van der Waals surface area contributed by atoms with Gasteiger partial charge in [0.05, 0.1) is 35.6 Å². The van der Waals surface area contributed by atoms with Crippen molar-refractivity contribution in [3.8, 4) is 6.01 Å². The zero-order valence-electron chi connectivity index (χ0n) is 25.7. The Morgan fingerprint density at radius 1 is 1.02 bits per heavy atom. The Morgan fingerprint density at radius 3 is 2.39 bits per heavy atom. The molecule has 0 aliphatic carbocycles. The van der Waals surface area contributed by atoms with E-state index in [4.69, 9.17) is 14.5 Å². The maximum absolute atomic E-state index is 15.0. The molecule has 6 rings (SSSR count). The lowest BCUT2D eigenvalue weighted by molar-refractivity contribution is -0.137. The number of anilines is 2. The summed E-state index contributed by atoms with van der Waals surface area (Å²) in [4.78, 5) is 30.2. The van der Waals surface area contributed by atoms with Gasteiger partial charge in [-0.3, -0.25) is 4.90 Å². The lowest BCUT2D eigenvalue weighted by Crippen LogP contribution is -2.57. The minimum absolute atomic E-state index is 0.0146. The van der Waals surface area contributed by atoms with E-state index in [-0.39, 0.29) is 43.3 Å². The molecule has 4 aliphatic heterocycles. The minimum atomic E-state index is -4.71. The van der Waals surface area contributed by atoms with Crippen molar-refractivity contribution in [3.63, 3.8) is 0 Å². The van der Waals surface area contributed by atoms with Gasteiger partial charge in [-0.05, 0) is 78.6 Å². The summed E-state index contributed by atoms with van der Waals surface area (Å²) in [5, 5.41) is 0. The number of piperazine rings is 1. The lowest BCUT2D eigenvalue weighted by Gasteiger charge is -2.43. The topological polar surface area (TPSA) is 74.3 Å². The van der Waals surface area contributed by atoms with E-state index < -0.39 is 28.8 Å². The number of amides is 1. The molecule has 9 nitrogen and oxygen atoms in total. The molecule has 0 unspecified atom stereocenters. The number of ether oxygens (including phenoxy) is 2. The van der Waals surface area contributed by atoms with E-state index in [1.165, 1.54) is 4.90 Å². The van der Waals surface area contributed by atoms with Gasteiger partial charge in [-0.25, -0.2) is 9.18 Å². The number of likely N-dealkylation sites (tertiary alicyclic amines) is 1. The van der Waals surface area contributed by atoms with Gasteiger partial charge >= 0.3 is 18.3 Å². The molecule has 1 amide bonds. The highest BCUT2D eigenvalue weighted by Gasteiger charge is 2.46.